The van der Waals surface area contributed by atoms with E-state index in [1.165, 1.54) is 16.4 Å². The largest absolute Gasteiger partial charge is 0.362 e. The number of hydrogen-bond acceptors (Lipinski definition) is 6. The Kier molecular flexibility index (Phi) is 8.10. The third kappa shape index (κ3) is 5.78. The van der Waals surface area contributed by atoms with Crippen LogP contribution in [0.5, 0.6) is 0 Å². The number of benzene rings is 1. The maximum atomic E-state index is 13.1. The number of hydrogen-bond donors (Lipinski definition) is 0. The Morgan fingerprint density at radius 1 is 1.03 bits per heavy atom. The normalized spacial score (nSPS) is 18.6. The molecule has 2 aliphatic rings. The van der Waals surface area contributed by atoms with Gasteiger partial charge in [-0.1, -0.05) is 26.7 Å². The van der Waals surface area contributed by atoms with Crippen LogP contribution in [0.15, 0.2) is 23.1 Å². The fourth-order valence-corrected chi connectivity index (χ4v) is 5.81. The lowest BCUT2D eigenvalue weighted by molar-refractivity contribution is -0.384. The first-order chi connectivity index (χ1) is 15.2. The topological polar surface area (TPSA) is 104 Å². The van der Waals surface area contributed by atoms with Gasteiger partial charge in [-0.2, -0.15) is 4.31 Å². The molecule has 32 heavy (non-hydrogen) atoms. The van der Waals surface area contributed by atoms with Crippen molar-refractivity contribution >= 4 is 27.3 Å². The van der Waals surface area contributed by atoms with Crippen LogP contribution in [0.3, 0.4) is 0 Å². The van der Waals surface area contributed by atoms with Gasteiger partial charge in [0, 0.05) is 51.8 Å². The Bertz CT molecular complexity index is 918. The molecule has 2 aliphatic heterocycles. The zero-order valence-electron chi connectivity index (χ0n) is 19.0. The second-order valence-electron chi connectivity index (χ2n) is 9.03. The molecule has 1 aromatic carbocycles. The summed E-state index contributed by atoms with van der Waals surface area (Å²) in [7, 11) is -3.76. The van der Waals surface area contributed by atoms with Gasteiger partial charge in [0.1, 0.15) is 5.69 Å². The van der Waals surface area contributed by atoms with E-state index in [1.54, 1.807) is 6.07 Å². The quantitative estimate of drug-likeness (QED) is 0.451. The highest BCUT2D eigenvalue weighted by Crippen LogP contribution is 2.33. The maximum absolute atomic E-state index is 13.1. The van der Waals surface area contributed by atoms with Crippen LogP contribution in [-0.4, -0.2) is 67.7 Å². The van der Waals surface area contributed by atoms with Crippen LogP contribution in [0.2, 0.25) is 0 Å². The van der Waals surface area contributed by atoms with Gasteiger partial charge in [-0.25, -0.2) is 8.42 Å². The highest BCUT2D eigenvalue weighted by Gasteiger charge is 2.30. The summed E-state index contributed by atoms with van der Waals surface area (Å²) in [5.41, 5.74) is 0.194. The van der Waals surface area contributed by atoms with Crippen molar-refractivity contribution in [2.24, 2.45) is 5.92 Å². The zero-order chi connectivity index (χ0) is 23.3. The Hall–Kier alpha value is -2.20. The van der Waals surface area contributed by atoms with Crippen LogP contribution in [0.4, 0.5) is 11.4 Å². The third-order valence-corrected chi connectivity index (χ3v) is 8.15. The van der Waals surface area contributed by atoms with Crippen molar-refractivity contribution in [2.45, 2.75) is 57.3 Å². The number of carbonyl (C=O) groups is 1. The lowest BCUT2D eigenvalue weighted by Gasteiger charge is -2.36. The molecule has 3 rings (SSSR count). The lowest BCUT2D eigenvalue weighted by Crippen LogP contribution is -2.49. The van der Waals surface area contributed by atoms with Crippen molar-refractivity contribution in [1.29, 1.82) is 0 Å². The summed E-state index contributed by atoms with van der Waals surface area (Å²) < 4.78 is 27.6. The SMILES string of the molecule is CC(C)CCC(=O)N1CCN(c2ccc(S(=O)(=O)N3CCCCCC3)cc2[N+](=O)[O-])CC1. The highest BCUT2D eigenvalue weighted by atomic mass is 32.2. The Morgan fingerprint density at radius 2 is 1.66 bits per heavy atom. The van der Waals surface area contributed by atoms with Gasteiger partial charge in [-0.05, 0) is 37.3 Å². The first-order valence-corrected chi connectivity index (χ1v) is 13.0. The molecule has 0 N–H and O–H groups in total. The van der Waals surface area contributed by atoms with Gasteiger partial charge in [-0.15, -0.1) is 0 Å². The lowest BCUT2D eigenvalue weighted by atomic mass is 10.1. The van der Waals surface area contributed by atoms with Crippen LogP contribution < -0.4 is 4.90 Å². The molecule has 2 fully saturated rings. The smallest absolute Gasteiger partial charge is 0.293 e. The number of sulfonamides is 1. The van der Waals surface area contributed by atoms with E-state index in [9.17, 15) is 23.3 Å². The van der Waals surface area contributed by atoms with Crippen LogP contribution in [0.1, 0.15) is 52.4 Å². The summed E-state index contributed by atoms with van der Waals surface area (Å²) in [5.74, 6) is 0.582. The zero-order valence-corrected chi connectivity index (χ0v) is 19.8. The van der Waals surface area contributed by atoms with Gasteiger partial charge in [0.2, 0.25) is 15.9 Å². The Balaban J connectivity index is 1.74. The van der Waals surface area contributed by atoms with Crippen molar-refractivity contribution in [1.82, 2.24) is 9.21 Å². The molecule has 10 heteroatoms. The minimum atomic E-state index is -3.76. The molecule has 1 aromatic rings. The second-order valence-corrected chi connectivity index (χ2v) is 11.0. The molecular formula is C22H34N4O5S. The van der Waals surface area contributed by atoms with Crippen molar-refractivity contribution in [2.75, 3.05) is 44.2 Å². The number of nitrogens with zero attached hydrogens (tertiary/aromatic N) is 4. The average Bonchev–Trinajstić information content (AvgIpc) is 3.07. The van der Waals surface area contributed by atoms with Gasteiger partial charge in [0.25, 0.3) is 5.69 Å². The molecule has 0 radical (unpaired) electrons. The van der Waals surface area contributed by atoms with Crippen LogP contribution in [0.25, 0.3) is 0 Å². The summed E-state index contributed by atoms with van der Waals surface area (Å²) >= 11 is 0. The number of nitro groups is 1. The van der Waals surface area contributed by atoms with Crippen LogP contribution >= 0.6 is 0 Å². The van der Waals surface area contributed by atoms with E-state index in [2.05, 4.69) is 13.8 Å². The Morgan fingerprint density at radius 3 is 2.22 bits per heavy atom. The van der Waals surface area contributed by atoms with E-state index in [-0.39, 0.29) is 16.5 Å². The van der Waals surface area contributed by atoms with Crippen molar-refractivity contribution < 1.29 is 18.1 Å². The molecule has 1 amide bonds. The summed E-state index contributed by atoms with van der Waals surface area (Å²) in [6.07, 6.45) is 4.96. The van der Waals surface area contributed by atoms with E-state index >= 15 is 0 Å². The van der Waals surface area contributed by atoms with Crippen molar-refractivity contribution in [3.8, 4) is 0 Å². The number of amides is 1. The fourth-order valence-electron chi connectivity index (χ4n) is 4.28. The summed E-state index contributed by atoms with van der Waals surface area (Å²) in [4.78, 5) is 27.3. The summed E-state index contributed by atoms with van der Waals surface area (Å²) in [6, 6.07) is 4.21. The number of rotatable bonds is 7. The summed E-state index contributed by atoms with van der Waals surface area (Å²) in [5, 5.41) is 11.8. The molecular weight excluding hydrogens is 432 g/mol. The van der Waals surface area contributed by atoms with E-state index in [4.69, 9.17) is 0 Å². The van der Waals surface area contributed by atoms with E-state index < -0.39 is 14.9 Å². The monoisotopic (exact) mass is 466 g/mol. The molecule has 2 saturated heterocycles. The summed E-state index contributed by atoms with van der Waals surface area (Å²) in [6.45, 7) is 7.03. The second kappa shape index (κ2) is 10.6. The molecule has 2 heterocycles. The highest BCUT2D eigenvalue weighted by molar-refractivity contribution is 7.89. The number of nitro benzene ring substituents is 1. The molecule has 9 nitrogen and oxygen atoms in total. The molecule has 0 spiro atoms. The Labute approximate surface area is 190 Å². The predicted molar refractivity (Wildman–Crippen MR) is 123 cm³/mol. The maximum Gasteiger partial charge on any atom is 0.293 e. The molecule has 0 aliphatic carbocycles. The van der Waals surface area contributed by atoms with Crippen LogP contribution in [-0.2, 0) is 14.8 Å². The average molecular weight is 467 g/mol. The van der Waals surface area contributed by atoms with Gasteiger partial charge in [0.15, 0.2) is 0 Å². The molecule has 178 valence electrons. The first-order valence-electron chi connectivity index (χ1n) is 11.5. The van der Waals surface area contributed by atoms with Gasteiger partial charge in [-0.3, -0.25) is 14.9 Å². The standard InChI is InChI=1S/C22H34N4O5S/c1-18(2)7-10-22(27)24-15-13-23(14-16-24)20-9-8-19(17-21(20)26(28)29)32(30,31)25-11-5-3-4-6-12-25/h8-9,17-18H,3-7,10-16H2,1-2H3. The minimum Gasteiger partial charge on any atom is -0.362 e. The molecule has 0 saturated carbocycles. The van der Waals surface area contributed by atoms with E-state index in [1.807, 2.05) is 9.80 Å². The number of anilines is 1. The van der Waals surface area contributed by atoms with Crippen LogP contribution in [0, 0.1) is 16.0 Å². The van der Waals surface area contributed by atoms with Gasteiger partial charge < -0.3 is 9.80 Å². The molecule has 0 unspecified atom stereocenters. The van der Waals surface area contributed by atoms with E-state index in [0.717, 1.165) is 32.1 Å². The molecule has 0 atom stereocenters. The van der Waals surface area contributed by atoms with Gasteiger partial charge in [0.05, 0.1) is 9.82 Å². The molecule has 0 bridgehead atoms. The third-order valence-electron chi connectivity index (χ3n) is 6.25. The van der Waals surface area contributed by atoms with Gasteiger partial charge >= 0.3 is 0 Å². The first kappa shape index (κ1) is 24.4. The number of carbonyl (C=O) groups excluding carboxylic acids is 1. The molecule has 0 aromatic heterocycles. The minimum absolute atomic E-state index is 0.0302. The van der Waals surface area contributed by atoms with Crippen molar-refractivity contribution in [3.05, 3.63) is 28.3 Å². The number of piperazine rings is 1. The van der Waals surface area contributed by atoms with E-state index in [0.29, 0.717) is 57.3 Å². The fraction of sp³-hybridized carbons (Fsp3) is 0.682. The van der Waals surface area contributed by atoms with Crippen molar-refractivity contribution in [3.63, 3.8) is 0 Å². The predicted octanol–water partition coefficient (Wildman–Crippen LogP) is 3.24.